The molecule has 226 valence electrons. The standard InChI is InChI=1S/C30H45N5O5S/c1-21-14-25(35-13-9-10-26(19-35)32(4)5)12-11-24(21)18-33(6)29(37)17-31-28(36)20-34(7)41(38,39)30-22(2)15-27(40-8)16-23(30)3/h11-12,14-16,26H,9-10,13,17-20H2,1-8H3,(H,31,36). The minimum absolute atomic E-state index is 0.142. The number of benzene rings is 2. The third kappa shape index (κ3) is 7.99. The van der Waals surface area contributed by atoms with Gasteiger partial charge in [-0.05, 0) is 94.2 Å². The lowest BCUT2D eigenvalue weighted by molar-refractivity contribution is -0.132. The molecule has 2 aromatic carbocycles. The van der Waals surface area contributed by atoms with Gasteiger partial charge in [-0.3, -0.25) is 9.59 Å². The van der Waals surface area contributed by atoms with Crippen LogP contribution in [-0.4, -0.2) is 102 Å². The van der Waals surface area contributed by atoms with Gasteiger partial charge in [-0.1, -0.05) is 6.07 Å². The zero-order valence-electron chi connectivity index (χ0n) is 25.7. The van der Waals surface area contributed by atoms with Gasteiger partial charge < -0.3 is 24.8 Å². The van der Waals surface area contributed by atoms with Crippen LogP contribution in [0.1, 0.15) is 35.1 Å². The lowest BCUT2D eigenvalue weighted by Gasteiger charge is -2.37. The molecule has 1 aliphatic heterocycles. The van der Waals surface area contributed by atoms with Crippen LogP contribution in [0.4, 0.5) is 5.69 Å². The number of hydrogen-bond donors (Lipinski definition) is 1. The van der Waals surface area contributed by atoms with Gasteiger partial charge in [0.25, 0.3) is 0 Å². The van der Waals surface area contributed by atoms with Crippen LogP contribution in [-0.2, 0) is 26.2 Å². The molecule has 0 radical (unpaired) electrons. The molecule has 1 fully saturated rings. The number of sulfonamides is 1. The second-order valence-corrected chi connectivity index (χ2v) is 13.2. The van der Waals surface area contributed by atoms with E-state index in [4.69, 9.17) is 4.74 Å². The van der Waals surface area contributed by atoms with Gasteiger partial charge in [0.1, 0.15) is 5.75 Å². The van der Waals surface area contributed by atoms with E-state index in [9.17, 15) is 18.0 Å². The molecule has 41 heavy (non-hydrogen) atoms. The van der Waals surface area contributed by atoms with E-state index in [1.165, 1.54) is 26.3 Å². The van der Waals surface area contributed by atoms with Crippen molar-refractivity contribution in [2.24, 2.45) is 0 Å². The minimum atomic E-state index is -3.92. The highest BCUT2D eigenvalue weighted by molar-refractivity contribution is 7.89. The largest absolute Gasteiger partial charge is 0.497 e. The molecule has 0 aliphatic carbocycles. The van der Waals surface area contributed by atoms with Crippen molar-refractivity contribution >= 4 is 27.5 Å². The van der Waals surface area contributed by atoms with Crippen LogP contribution in [0.3, 0.4) is 0 Å². The molecular weight excluding hydrogens is 542 g/mol. The number of methoxy groups -OCH3 is 1. The second-order valence-electron chi connectivity index (χ2n) is 11.2. The average molecular weight is 588 g/mol. The third-order valence-corrected chi connectivity index (χ3v) is 9.90. The average Bonchev–Trinajstić information content (AvgIpc) is 2.92. The molecule has 0 aromatic heterocycles. The number of rotatable bonds is 11. The summed E-state index contributed by atoms with van der Waals surface area (Å²) < 4.78 is 32.6. The number of likely N-dealkylation sites (N-methyl/N-ethyl adjacent to an activating group) is 3. The van der Waals surface area contributed by atoms with E-state index in [0.717, 1.165) is 34.9 Å². The van der Waals surface area contributed by atoms with E-state index in [-0.39, 0.29) is 17.3 Å². The summed E-state index contributed by atoms with van der Waals surface area (Å²) in [5.41, 5.74) is 4.39. The number of anilines is 1. The van der Waals surface area contributed by atoms with Crippen molar-refractivity contribution in [2.75, 3.05) is 66.4 Å². The topological polar surface area (TPSA) is 102 Å². The van der Waals surface area contributed by atoms with Crippen molar-refractivity contribution in [3.8, 4) is 5.75 Å². The van der Waals surface area contributed by atoms with Gasteiger partial charge in [0.05, 0.1) is 25.1 Å². The first-order valence-electron chi connectivity index (χ1n) is 13.9. The molecule has 0 spiro atoms. The fourth-order valence-electron chi connectivity index (χ4n) is 5.25. The van der Waals surface area contributed by atoms with Crippen LogP contribution in [0.2, 0.25) is 0 Å². The smallest absolute Gasteiger partial charge is 0.243 e. The fraction of sp³-hybridized carbons (Fsp3) is 0.533. The Labute approximate surface area is 245 Å². The van der Waals surface area contributed by atoms with Crippen molar-refractivity contribution in [1.29, 1.82) is 0 Å². The third-order valence-electron chi connectivity index (χ3n) is 7.79. The van der Waals surface area contributed by atoms with E-state index >= 15 is 0 Å². The van der Waals surface area contributed by atoms with Gasteiger partial charge in [0.15, 0.2) is 0 Å². The predicted molar refractivity (Wildman–Crippen MR) is 162 cm³/mol. The predicted octanol–water partition coefficient (Wildman–Crippen LogP) is 2.55. The molecule has 1 N–H and O–H groups in total. The Kier molecular flexibility index (Phi) is 10.8. The maximum Gasteiger partial charge on any atom is 0.243 e. The molecule has 1 saturated heterocycles. The maximum atomic E-state index is 13.2. The lowest BCUT2D eigenvalue weighted by atomic mass is 10.0. The number of hydrogen-bond acceptors (Lipinski definition) is 7. The second kappa shape index (κ2) is 13.7. The molecule has 1 atom stereocenters. The summed E-state index contributed by atoms with van der Waals surface area (Å²) in [7, 11) is 4.89. The minimum Gasteiger partial charge on any atom is -0.497 e. The van der Waals surface area contributed by atoms with Gasteiger partial charge in [-0.15, -0.1) is 0 Å². The van der Waals surface area contributed by atoms with E-state index in [2.05, 4.69) is 54.3 Å². The first-order chi connectivity index (χ1) is 19.2. The van der Waals surface area contributed by atoms with Crippen LogP contribution in [0.15, 0.2) is 35.2 Å². The fourth-order valence-corrected chi connectivity index (χ4v) is 6.78. The molecule has 0 bridgehead atoms. The number of nitrogens with zero attached hydrogens (tertiary/aromatic N) is 4. The molecule has 11 heteroatoms. The highest BCUT2D eigenvalue weighted by Crippen LogP contribution is 2.28. The van der Waals surface area contributed by atoms with E-state index < -0.39 is 22.5 Å². The number of carbonyl (C=O) groups is 2. The molecule has 0 saturated carbocycles. The monoisotopic (exact) mass is 587 g/mol. The van der Waals surface area contributed by atoms with E-state index in [0.29, 0.717) is 29.5 Å². The highest BCUT2D eigenvalue weighted by atomic mass is 32.2. The summed E-state index contributed by atoms with van der Waals surface area (Å²) >= 11 is 0. The summed E-state index contributed by atoms with van der Waals surface area (Å²) in [6.45, 7) is 7.25. The summed E-state index contributed by atoms with van der Waals surface area (Å²) in [5, 5.41) is 2.56. The molecule has 1 aliphatic rings. The van der Waals surface area contributed by atoms with Crippen molar-refractivity contribution in [3.05, 3.63) is 52.6 Å². The van der Waals surface area contributed by atoms with Crippen LogP contribution < -0.4 is 15.0 Å². The quantitative estimate of drug-likeness (QED) is 0.431. The van der Waals surface area contributed by atoms with Gasteiger partial charge in [-0.2, -0.15) is 4.31 Å². The Balaban J connectivity index is 1.54. The Hall–Kier alpha value is -3.15. The zero-order chi connectivity index (χ0) is 30.5. The van der Waals surface area contributed by atoms with E-state index in [1.54, 1.807) is 37.9 Å². The van der Waals surface area contributed by atoms with Crippen LogP contribution in [0, 0.1) is 20.8 Å². The number of amides is 2. The molecule has 2 amide bonds. The normalized spacial score (nSPS) is 15.8. The van der Waals surface area contributed by atoms with Crippen LogP contribution >= 0.6 is 0 Å². The molecule has 2 aromatic rings. The SMILES string of the molecule is COc1cc(C)c(S(=O)(=O)N(C)CC(=O)NCC(=O)N(C)Cc2ccc(N3CCCC(N(C)C)C3)cc2C)c(C)c1. The molecule has 3 rings (SSSR count). The van der Waals surface area contributed by atoms with Crippen molar-refractivity contribution < 1.29 is 22.7 Å². The number of carbonyl (C=O) groups excluding carboxylic acids is 2. The van der Waals surface area contributed by atoms with Crippen molar-refractivity contribution in [3.63, 3.8) is 0 Å². The summed E-state index contributed by atoms with van der Waals surface area (Å²) in [4.78, 5) is 31.8. The number of nitrogens with one attached hydrogen (secondary N) is 1. The summed E-state index contributed by atoms with van der Waals surface area (Å²) in [6, 6.07) is 10.2. The molecular formula is C30H45N5O5S. The van der Waals surface area contributed by atoms with Crippen molar-refractivity contribution in [1.82, 2.24) is 19.4 Å². The first kappa shape index (κ1) is 32.4. The zero-order valence-corrected chi connectivity index (χ0v) is 26.5. The molecule has 1 unspecified atom stereocenters. The van der Waals surface area contributed by atoms with Crippen LogP contribution in [0.5, 0.6) is 5.75 Å². The maximum absolute atomic E-state index is 13.2. The molecule has 10 nitrogen and oxygen atoms in total. The van der Waals surface area contributed by atoms with Crippen LogP contribution in [0.25, 0.3) is 0 Å². The van der Waals surface area contributed by atoms with Gasteiger partial charge in [-0.25, -0.2) is 8.42 Å². The van der Waals surface area contributed by atoms with Gasteiger partial charge >= 0.3 is 0 Å². The highest BCUT2D eigenvalue weighted by Gasteiger charge is 2.27. The summed E-state index contributed by atoms with van der Waals surface area (Å²) in [6.07, 6.45) is 2.37. The number of piperidine rings is 1. The first-order valence-corrected chi connectivity index (χ1v) is 15.3. The van der Waals surface area contributed by atoms with E-state index in [1.807, 2.05) is 0 Å². The Morgan fingerprint density at radius 1 is 1.02 bits per heavy atom. The Bertz CT molecular complexity index is 1340. The van der Waals surface area contributed by atoms with Gasteiger partial charge in [0.2, 0.25) is 21.8 Å². The van der Waals surface area contributed by atoms with Crippen molar-refractivity contribution in [2.45, 2.75) is 51.1 Å². The van der Waals surface area contributed by atoms with Gasteiger partial charge in [0, 0.05) is 45.5 Å². The Morgan fingerprint density at radius 3 is 2.27 bits per heavy atom. The number of ether oxygens (including phenoxy) is 1. The number of aryl methyl sites for hydroxylation is 3. The molecule has 1 heterocycles. The Morgan fingerprint density at radius 2 is 1.68 bits per heavy atom. The summed E-state index contributed by atoms with van der Waals surface area (Å²) in [5.74, 6) is -0.257. The lowest BCUT2D eigenvalue weighted by Crippen LogP contribution is -2.45.